The third-order valence-corrected chi connectivity index (χ3v) is 4.43. The van der Waals surface area contributed by atoms with E-state index in [1.54, 1.807) is 0 Å². The number of aliphatic hydroxyl groups is 1. The Bertz CT molecular complexity index is 327. The largest absolute Gasteiger partial charge is 0.392 e. The fraction of sp³-hybridized carbons (Fsp3) is 0.647. The van der Waals surface area contributed by atoms with Crippen molar-refractivity contribution in [2.75, 3.05) is 0 Å². The maximum Gasteiger partial charge on any atom is 0.0611 e. The molecule has 1 aliphatic carbocycles. The molecule has 2 rings (SSSR count). The van der Waals surface area contributed by atoms with E-state index in [1.165, 1.54) is 37.7 Å². The van der Waals surface area contributed by atoms with E-state index in [4.69, 9.17) is 0 Å². The van der Waals surface area contributed by atoms with Gasteiger partial charge in [0.2, 0.25) is 0 Å². The Morgan fingerprint density at radius 1 is 1.11 bits per heavy atom. The van der Waals surface area contributed by atoms with E-state index in [2.05, 4.69) is 31.2 Å². The minimum absolute atomic E-state index is 0.166. The molecular weight excluding hydrogens is 220 g/mol. The summed E-state index contributed by atoms with van der Waals surface area (Å²) in [6, 6.07) is 10.5. The zero-order chi connectivity index (χ0) is 12.8. The summed E-state index contributed by atoms with van der Waals surface area (Å²) in [7, 11) is 0. The van der Waals surface area contributed by atoms with E-state index in [0.29, 0.717) is 5.92 Å². The summed E-state index contributed by atoms with van der Waals surface area (Å²) in [5, 5.41) is 10.5. The third kappa shape index (κ3) is 3.58. The molecule has 2 unspecified atom stereocenters. The first-order chi connectivity index (χ1) is 8.81. The second kappa shape index (κ2) is 6.94. The molecule has 100 valence electrons. The summed E-state index contributed by atoms with van der Waals surface area (Å²) in [5.74, 6) is 1.07. The summed E-state index contributed by atoms with van der Waals surface area (Å²) in [6.07, 6.45) is 8.61. The van der Waals surface area contributed by atoms with Gasteiger partial charge in [0.1, 0.15) is 0 Å². The van der Waals surface area contributed by atoms with Crippen LogP contribution in [0.1, 0.15) is 63.4 Å². The van der Waals surface area contributed by atoms with Gasteiger partial charge in [0, 0.05) is 5.92 Å². The number of hydrogen-bond donors (Lipinski definition) is 1. The highest BCUT2D eigenvalue weighted by atomic mass is 16.3. The van der Waals surface area contributed by atoms with Gasteiger partial charge in [-0.2, -0.15) is 0 Å². The minimum Gasteiger partial charge on any atom is -0.392 e. The fourth-order valence-electron chi connectivity index (χ4n) is 3.36. The SMILES string of the molecule is CCC(c1ccccc1)C(O)CC1CCCCC1. The molecule has 2 atom stereocenters. The summed E-state index contributed by atoms with van der Waals surface area (Å²) in [6.45, 7) is 2.18. The fourth-order valence-corrected chi connectivity index (χ4v) is 3.36. The lowest BCUT2D eigenvalue weighted by Gasteiger charge is -2.28. The average Bonchev–Trinajstić information content (AvgIpc) is 2.42. The van der Waals surface area contributed by atoms with Gasteiger partial charge in [-0.25, -0.2) is 0 Å². The Labute approximate surface area is 111 Å². The molecule has 1 aliphatic rings. The van der Waals surface area contributed by atoms with Crippen molar-refractivity contribution in [3.05, 3.63) is 35.9 Å². The van der Waals surface area contributed by atoms with Crippen molar-refractivity contribution in [3.63, 3.8) is 0 Å². The van der Waals surface area contributed by atoms with Crippen molar-refractivity contribution in [2.45, 2.75) is 63.9 Å². The molecule has 1 heteroatoms. The van der Waals surface area contributed by atoms with Crippen LogP contribution in [-0.2, 0) is 0 Å². The van der Waals surface area contributed by atoms with Crippen molar-refractivity contribution in [2.24, 2.45) is 5.92 Å². The van der Waals surface area contributed by atoms with Crippen molar-refractivity contribution < 1.29 is 5.11 Å². The average molecular weight is 246 g/mol. The van der Waals surface area contributed by atoms with E-state index in [0.717, 1.165) is 18.8 Å². The van der Waals surface area contributed by atoms with Gasteiger partial charge in [0.05, 0.1) is 6.10 Å². The summed E-state index contributed by atoms with van der Waals surface area (Å²) in [5.41, 5.74) is 1.29. The first kappa shape index (κ1) is 13.6. The van der Waals surface area contributed by atoms with Gasteiger partial charge in [0.15, 0.2) is 0 Å². The predicted molar refractivity (Wildman–Crippen MR) is 76.7 cm³/mol. The van der Waals surface area contributed by atoms with Gasteiger partial charge >= 0.3 is 0 Å². The Morgan fingerprint density at radius 2 is 1.78 bits per heavy atom. The highest BCUT2D eigenvalue weighted by Crippen LogP contribution is 2.32. The van der Waals surface area contributed by atoms with Crippen molar-refractivity contribution in [1.29, 1.82) is 0 Å². The molecule has 0 radical (unpaired) electrons. The maximum atomic E-state index is 10.5. The minimum atomic E-state index is -0.166. The van der Waals surface area contributed by atoms with Crippen LogP contribution >= 0.6 is 0 Å². The monoisotopic (exact) mass is 246 g/mol. The first-order valence-corrected chi connectivity index (χ1v) is 7.54. The molecule has 0 aromatic heterocycles. The molecule has 1 saturated carbocycles. The van der Waals surface area contributed by atoms with Gasteiger partial charge in [-0.1, -0.05) is 69.4 Å². The summed E-state index contributed by atoms with van der Waals surface area (Å²) < 4.78 is 0. The molecule has 0 spiro atoms. The van der Waals surface area contributed by atoms with Gasteiger partial charge < -0.3 is 5.11 Å². The Hall–Kier alpha value is -0.820. The molecule has 1 nitrogen and oxygen atoms in total. The van der Waals surface area contributed by atoms with Crippen LogP contribution in [0.15, 0.2) is 30.3 Å². The van der Waals surface area contributed by atoms with E-state index in [9.17, 15) is 5.11 Å². The highest BCUT2D eigenvalue weighted by molar-refractivity contribution is 5.20. The Kier molecular flexibility index (Phi) is 5.25. The van der Waals surface area contributed by atoms with E-state index >= 15 is 0 Å². The van der Waals surface area contributed by atoms with Gasteiger partial charge in [-0.05, 0) is 24.3 Å². The first-order valence-electron chi connectivity index (χ1n) is 7.54. The lowest BCUT2D eigenvalue weighted by Crippen LogP contribution is -2.22. The standard InChI is InChI=1S/C17H26O/c1-2-16(15-11-7-4-8-12-15)17(18)13-14-9-5-3-6-10-14/h4,7-8,11-12,14,16-18H,2-3,5-6,9-10,13H2,1H3. The highest BCUT2D eigenvalue weighted by Gasteiger charge is 2.24. The molecule has 0 bridgehead atoms. The molecule has 0 amide bonds. The summed E-state index contributed by atoms with van der Waals surface area (Å²) in [4.78, 5) is 0. The molecular formula is C17H26O. The molecule has 18 heavy (non-hydrogen) atoms. The Balaban J connectivity index is 1.94. The number of rotatable bonds is 5. The predicted octanol–water partition coefficient (Wildman–Crippen LogP) is 4.51. The smallest absolute Gasteiger partial charge is 0.0611 e. The molecule has 1 N–H and O–H groups in total. The maximum absolute atomic E-state index is 10.5. The molecule has 0 aliphatic heterocycles. The zero-order valence-electron chi connectivity index (χ0n) is 11.5. The van der Waals surface area contributed by atoms with E-state index < -0.39 is 0 Å². The molecule has 1 fully saturated rings. The number of aliphatic hydroxyl groups excluding tert-OH is 1. The number of hydrogen-bond acceptors (Lipinski definition) is 1. The Morgan fingerprint density at radius 3 is 2.39 bits per heavy atom. The van der Waals surface area contributed by atoms with Crippen LogP contribution in [-0.4, -0.2) is 11.2 Å². The quantitative estimate of drug-likeness (QED) is 0.810. The molecule has 0 heterocycles. The summed E-state index contributed by atoms with van der Waals surface area (Å²) >= 11 is 0. The van der Waals surface area contributed by atoms with Crippen LogP contribution in [0.4, 0.5) is 0 Å². The topological polar surface area (TPSA) is 20.2 Å². The zero-order valence-corrected chi connectivity index (χ0v) is 11.5. The normalized spacial score (nSPS) is 20.6. The lowest BCUT2D eigenvalue weighted by molar-refractivity contribution is 0.102. The van der Waals surface area contributed by atoms with Crippen molar-refractivity contribution in [3.8, 4) is 0 Å². The number of benzene rings is 1. The molecule has 0 saturated heterocycles. The van der Waals surface area contributed by atoms with Crippen molar-refractivity contribution >= 4 is 0 Å². The van der Waals surface area contributed by atoms with Gasteiger partial charge in [0.25, 0.3) is 0 Å². The van der Waals surface area contributed by atoms with Crippen LogP contribution in [0, 0.1) is 5.92 Å². The van der Waals surface area contributed by atoms with Crippen LogP contribution in [0.3, 0.4) is 0 Å². The van der Waals surface area contributed by atoms with Crippen LogP contribution in [0.5, 0.6) is 0 Å². The van der Waals surface area contributed by atoms with E-state index in [1.807, 2.05) is 6.07 Å². The van der Waals surface area contributed by atoms with Crippen LogP contribution < -0.4 is 0 Å². The van der Waals surface area contributed by atoms with E-state index in [-0.39, 0.29) is 6.10 Å². The third-order valence-electron chi connectivity index (χ3n) is 4.43. The molecule has 1 aromatic rings. The second-order valence-corrected chi connectivity index (χ2v) is 5.73. The molecule has 1 aromatic carbocycles. The lowest BCUT2D eigenvalue weighted by atomic mass is 9.80. The van der Waals surface area contributed by atoms with Crippen LogP contribution in [0.2, 0.25) is 0 Å². The van der Waals surface area contributed by atoms with Crippen molar-refractivity contribution in [1.82, 2.24) is 0 Å². The van der Waals surface area contributed by atoms with Gasteiger partial charge in [-0.15, -0.1) is 0 Å². The second-order valence-electron chi connectivity index (χ2n) is 5.73. The van der Waals surface area contributed by atoms with Crippen LogP contribution in [0.25, 0.3) is 0 Å². The van der Waals surface area contributed by atoms with Gasteiger partial charge in [-0.3, -0.25) is 0 Å².